The van der Waals surface area contributed by atoms with Crippen molar-refractivity contribution in [1.29, 1.82) is 0 Å². The van der Waals surface area contributed by atoms with E-state index in [0.29, 0.717) is 12.5 Å². The van der Waals surface area contributed by atoms with Crippen LogP contribution < -0.4 is 5.32 Å². The summed E-state index contributed by atoms with van der Waals surface area (Å²) >= 11 is 0. The monoisotopic (exact) mass is 334 g/mol. The van der Waals surface area contributed by atoms with Gasteiger partial charge in [-0.1, -0.05) is 0 Å². The van der Waals surface area contributed by atoms with Crippen LogP contribution in [0.25, 0.3) is 0 Å². The number of ether oxygens (including phenoxy) is 1. The second-order valence-electron chi connectivity index (χ2n) is 6.62. The molecule has 2 rings (SSSR count). The van der Waals surface area contributed by atoms with E-state index in [4.69, 9.17) is 4.74 Å². The van der Waals surface area contributed by atoms with Crippen LogP contribution >= 0.6 is 0 Å². The van der Waals surface area contributed by atoms with Gasteiger partial charge < -0.3 is 15.0 Å². The van der Waals surface area contributed by atoms with Gasteiger partial charge in [0, 0.05) is 44.6 Å². The minimum absolute atomic E-state index is 0.0474. The highest BCUT2D eigenvalue weighted by Crippen LogP contribution is 2.26. The van der Waals surface area contributed by atoms with E-state index in [2.05, 4.69) is 15.3 Å². The molecule has 1 aromatic heterocycles. The number of nitrogens with one attached hydrogen (secondary N) is 1. The maximum Gasteiger partial charge on any atom is 0.227 e. The zero-order valence-corrected chi connectivity index (χ0v) is 15.6. The molecular formula is C18H30N4O2. The van der Waals surface area contributed by atoms with E-state index in [9.17, 15) is 4.79 Å². The first-order valence-electron chi connectivity index (χ1n) is 8.82. The van der Waals surface area contributed by atoms with E-state index in [1.54, 1.807) is 0 Å². The van der Waals surface area contributed by atoms with Crippen molar-refractivity contribution in [2.45, 2.75) is 40.5 Å². The highest BCUT2D eigenvalue weighted by molar-refractivity contribution is 5.79. The summed E-state index contributed by atoms with van der Waals surface area (Å²) in [5.74, 6) is 2.10. The molecule has 0 aromatic carbocycles. The Kier molecular flexibility index (Phi) is 6.54. The maximum atomic E-state index is 12.8. The summed E-state index contributed by atoms with van der Waals surface area (Å²) in [6.45, 7) is 10.7. The smallest absolute Gasteiger partial charge is 0.227 e. The van der Waals surface area contributed by atoms with Crippen molar-refractivity contribution < 1.29 is 9.53 Å². The first kappa shape index (κ1) is 18.6. The van der Waals surface area contributed by atoms with Gasteiger partial charge in [0.05, 0.1) is 5.92 Å². The maximum absolute atomic E-state index is 12.8. The van der Waals surface area contributed by atoms with Crippen LogP contribution in [0.2, 0.25) is 0 Å². The number of carbonyl (C=O) groups is 1. The number of rotatable bonds is 6. The summed E-state index contributed by atoms with van der Waals surface area (Å²) in [5, 5.41) is 3.41. The molecule has 0 saturated carbocycles. The Morgan fingerprint density at radius 3 is 2.58 bits per heavy atom. The lowest BCUT2D eigenvalue weighted by Gasteiger charge is -2.32. The number of carbonyl (C=O) groups excluding carboxylic acids is 1. The van der Waals surface area contributed by atoms with Crippen LogP contribution in [0.5, 0.6) is 0 Å². The number of anilines is 1. The third kappa shape index (κ3) is 4.44. The zero-order chi connectivity index (χ0) is 17.7. The van der Waals surface area contributed by atoms with E-state index in [-0.39, 0.29) is 11.8 Å². The molecule has 0 aliphatic carbocycles. The van der Waals surface area contributed by atoms with Gasteiger partial charge in [0.25, 0.3) is 0 Å². The molecule has 1 atom stereocenters. The van der Waals surface area contributed by atoms with Gasteiger partial charge in [0.1, 0.15) is 11.6 Å². The third-order valence-electron chi connectivity index (χ3n) is 4.99. The van der Waals surface area contributed by atoms with Gasteiger partial charge in [-0.15, -0.1) is 0 Å². The molecule has 1 aromatic rings. The molecule has 2 heterocycles. The van der Waals surface area contributed by atoms with Crippen molar-refractivity contribution >= 4 is 11.7 Å². The SMILES string of the molecule is CCN(C)C(=O)C(CNc1nc(C)nc(C)c1C)C1CCOCC1. The molecule has 1 fully saturated rings. The van der Waals surface area contributed by atoms with Gasteiger partial charge in [-0.25, -0.2) is 9.97 Å². The summed E-state index contributed by atoms with van der Waals surface area (Å²) in [4.78, 5) is 23.5. The number of aromatic nitrogens is 2. The molecule has 0 bridgehead atoms. The first-order valence-corrected chi connectivity index (χ1v) is 8.82. The van der Waals surface area contributed by atoms with Crippen LogP contribution in [0.15, 0.2) is 0 Å². The summed E-state index contributed by atoms with van der Waals surface area (Å²) in [6.07, 6.45) is 1.88. The lowest BCUT2D eigenvalue weighted by Crippen LogP contribution is -2.41. The third-order valence-corrected chi connectivity index (χ3v) is 4.99. The standard InChI is InChI=1S/C18H30N4O2/c1-6-22(5)18(23)16(15-7-9-24-10-8-15)11-19-17-12(2)13(3)20-14(4)21-17/h15-16H,6-11H2,1-5H3,(H,19,20,21). The molecule has 6 heteroatoms. The molecule has 1 N–H and O–H groups in total. The fourth-order valence-corrected chi connectivity index (χ4v) is 3.16. The van der Waals surface area contributed by atoms with Crippen molar-refractivity contribution in [1.82, 2.24) is 14.9 Å². The van der Waals surface area contributed by atoms with Gasteiger partial charge >= 0.3 is 0 Å². The van der Waals surface area contributed by atoms with E-state index in [1.165, 1.54) is 0 Å². The molecule has 1 aliphatic heterocycles. The Morgan fingerprint density at radius 2 is 1.96 bits per heavy atom. The van der Waals surface area contributed by atoms with Gasteiger partial charge in [-0.3, -0.25) is 4.79 Å². The minimum atomic E-state index is -0.0474. The minimum Gasteiger partial charge on any atom is -0.381 e. The predicted octanol–water partition coefficient (Wildman–Crippen LogP) is 2.33. The summed E-state index contributed by atoms with van der Waals surface area (Å²) in [6, 6.07) is 0. The van der Waals surface area contributed by atoms with Crippen LogP contribution in [0.1, 0.15) is 36.8 Å². The van der Waals surface area contributed by atoms with E-state index in [1.807, 2.05) is 39.6 Å². The van der Waals surface area contributed by atoms with Crippen LogP contribution in [-0.4, -0.2) is 54.1 Å². The van der Waals surface area contributed by atoms with Gasteiger partial charge in [0.2, 0.25) is 5.91 Å². The van der Waals surface area contributed by atoms with Crippen LogP contribution in [0.4, 0.5) is 5.82 Å². The first-order chi connectivity index (χ1) is 11.4. The average molecular weight is 334 g/mol. The summed E-state index contributed by atoms with van der Waals surface area (Å²) in [7, 11) is 1.87. The molecule has 1 unspecified atom stereocenters. The lowest BCUT2D eigenvalue weighted by atomic mass is 9.85. The van der Waals surface area contributed by atoms with Gasteiger partial charge in [0.15, 0.2) is 0 Å². The largest absolute Gasteiger partial charge is 0.381 e. The molecule has 1 aliphatic rings. The zero-order valence-electron chi connectivity index (χ0n) is 15.6. The van der Waals surface area contributed by atoms with Crippen molar-refractivity contribution in [3.63, 3.8) is 0 Å². The molecule has 24 heavy (non-hydrogen) atoms. The number of nitrogens with zero attached hydrogens (tertiary/aromatic N) is 3. The normalized spacial score (nSPS) is 16.7. The highest BCUT2D eigenvalue weighted by Gasteiger charge is 2.31. The van der Waals surface area contributed by atoms with E-state index in [0.717, 1.165) is 55.5 Å². The van der Waals surface area contributed by atoms with Crippen LogP contribution in [0.3, 0.4) is 0 Å². The number of hydrogen-bond donors (Lipinski definition) is 1. The number of amides is 1. The van der Waals surface area contributed by atoms with Crippen LogP contribution in [0, 0.1) is 32.6 Å². The average Bonchev–Trinajstić information content (AvgIpc) is 2.59. The second-order valence-corrected chi connectivity index (χ2v) is 6.62. The van der Waals surface area contributed by atoms with E-state index < -0.39 is 0 Å². The van der Waals surface area contributed by atoms with Gasteiger partial charge in [-0.05, 0) is 46.5 Å². The van der Waals surface area contributed by atoms with Crippen LogP contribution in [-0.2, 0) is 9.53 Å². The Morgan fingerprint density at radius 1 is 1.29 bits per heavy atom. The second kappa shape index (κ2) is 8.42. The Labute approximate surface area is 145 Å². The highest BCUT2D eigenvalue weighted by atomic mass is 16.5. The number of hydrogen-bond acceptors (Lipinski definition) is 5. The summed E-state index contributed by atoms with van der Waals surface area (Å²) in [5.41, 5.74) is 2.02. The predicted molar refractivity (Wildman–Crippen MR) is 95.1 cm³/mol. The van der Waals surface area contributed by atoms with Crippen molar-refractivity contribution in [3.05, 3.63) is 17.1 Å². The topological polar surface area (TPSA) is 67.4 Å². The summed E-state index contributed by atoms with van der Waals surface area (Å²) < 4.78 is 5.46. The van der Waals surface area contributed by atoms with Crippen molar-refractivity contribution in [2.75, 3.05) is 38.7 Å². The Bertz CT molecular complexity index is 570. The fourth-order valence-electron chi connectivity index (χ4n) is 3.16. The molecule has 134 valence electrons. The molecule has 1 amide bonds. The Hall–Kier alpha value is -1.69. The molecule has 1 saturated heterocycles. The molecule has 0 radical (unpaired) electrons. The fraction of sp³-hybridized carbons (Fsp3) is 0.722. The van der Waals surface area contributed by atoms with E-state index >= 15 is 0 Å². The Balaban J connectivity index is 2.14. The molecular weight excluding hydrogens is 304 g/mol. The quantitative estimate of drug-likeness (QED) is 0.865. The molecule has 6 nitrogen and oxygen atoms in total. The van der Waals surface area contributed by atoms with Crippen molar-refractivity contribution in [2.24, 2.45) is 11.8 Å². The molecule has 0 spiro atoms. The van der Waals surface area contributed by atoms with Crippen molar-refractivity contribution in [3.8, 4) is 0 Å². The lowest BCUT2D eigenvalue weighted by molar-refractivity contribution is -0.136. The van der Waals surface area contributed by atoms with Gasteiger partial charge in [-0.2, -0.15) is 0 Å². The number of aryl methyl sites for hydroxylation is 2.